The molecular formula is C19H17N2O5-. The number of carbonyl (C=O) groups excluding carboxylic acids is 2. The van der Waals surface area contributed by atoms with Crippen molar-refractivity contribution in [3.63, 3.8) is 0 Å². The number of ether oxygens (including phenoxy) is 2. The number of benzene rings is 2. The van der Waals surface area contributed by atoms with Gasteiger partial charge >= 0.3 is 0 Å². The average Bonchev–Trinajstić information content (AvgIpc) is 2.68. The quantitative estimate of drug-likeness (QED) is 0.614. The number of carboxylic acids is 1. The fraction of sp³-hybridized carbons (Fsp3) is 0.211. The van der Waals surface area contributed by atoms with E-state index in [0.29, 0.717) is 17.2 Å². The van der Waals surface area contributed by atoms with Gasteiger partial charge in [-0.1, -0.05) is 42.5 Å². The van der Waals surface area contributed by atoms with Crippen molar-refractivity contribution in [3.05, 3.63) is 60.2 Å². The van der Waals surface area contributed by atoms with E-state index in [1.807, 2.05) is 12.1 Å². The molecule has 0 saturated heterocycles. The van der Waals surface area contributed by atoms with Gasteiger partial charge in [0.2, 0.25) is 6.10 Å². The lowest BCUT2D eigenvalue weighted by Gasteiger charge is -2.24. The third kappa shape index (κ3) is 4.38. The lowest BCUT2D eigenvalue weighted by molar-refractivity contribution is -0.305. The number of nitrogens with zero attached hydrogens (tertiary/aromatic N) is 1. The van der Waals surface area contributed by atoms with Crippen molar-refractivity contribution in [3.8, 4) is 11.5 Å². The molecule has 1 amide bonds. The Balaban J connectivity index is 1.69. The van der Waals surface area contributed by atoms with Crippen LogP contribution in [0.2, 0.25) is 0 Å². The van der Waals surface area contributed by atoms with E-state index in [9.17, 15) is 14.7 Å². The van der Waals surface area contributed by atoms with Gasteiger partial charge < -0.3 is 19.4 Å². The Bertz CT molecular complexity index is 820. The summed E-state index contributed by atoms with van der Waals surface area (Å²) in [5.41, 5.74) is 3.60. The summed E-state index contributed by atoms with van der Waals surface area (Å²) >= 11 is 0. The summed E-state index contributed by atoms with van der Waals surface area (Å²) in [5, 5.41) is 14.8. The molecule has 1 aliphatic rings. The minimum absolute atomic E-state index is 0.0675. The summed E-state index contributed by atoms with van der Waals surface area (Å²) in [7, 11) is 0. The van der Waals surface area contributed by atoms with Crippen LogP contribution in [0.15, 0.2) is 59.7 Å². The minimum atomic E-state index is -1.18. The molecule has 7 nitrogen and oxygen atoms in total. The van der Waals surface area contributed by atoms with Crippen LogP contribution in [0, 0.1) is 0 Å². The number of nitrogens with one attached hydrogen (secondary N) is 1. The Morgan fingerprint density at radius 1 is 1.04 bits per heavy atom. The highest BCUT2D eigenvalue weighted by atomic mass is 16.6. The minimum Gasteiger partial charge on any atom is -0.550 e. The molecule has 1 atom stereocenters. The third-order valence-electron chi connectivity index (χ3n) is 3.78. The number of hydrazone groups is 1. The highest BCUT2D eigenvalue weighted by molar-refractivity contribution is 6.02. The van der Waals surface area contributed by atoms with E-state index in [0.717, 1.165) is 5.56 Å². The second-order valence-corrected chi connectivity index (χ2v) is 5.64. The van der Waals surface area contributed by atoms with Gasteiger partial charge in [-0.25, -0.2) is 5.43 Å². The molecule has 0 fully saturated rings. The Hall–Kier alpha value is -3.35. The van der Waals surface area contributed by atoms with Gasteiger partial charge in [-0.2, -0.15) is 5.10 Å². The van der Waals surface area contributed by atoms with E-state index in [1.165, 1.54) is 0 Å². The highest BCUT2D eigenvalue weighted by Gasteiger charge is 2.27. The van der Waals surface area contributed by atoms with E-state index in [-0.39, 0.29) is 19.4 Å². The summed E-state index contributed by atoms with van der Waals surface area (Å²) < 4.78 is 11.1. The van der Waals surface area contributed by atoms with Crippen molar-refractivity contribution in [1.82, 2.24) is 5.43 Å². The van der Waals surface area contributed by atoms with E-state index in [1.54, 1.807) is 42.5 Å². The lowest BCUT2D eigenvalue weighted by Crippen LogP contribution is -2.42. The number of carbonyl (C=O) groups is 2. The van der Waals surface area contributed by atoms with E-state index < -0.39 is 18.0 Å². The van der Waals surface area contributed by atoms with Crippen molar-refractivity contribution >= 4 is 17.6 Å². The van der Waals surface area contributed by atoms with Crippen LogP contribution >= 0.6 is 0 Å². The first-order chi connectivity index (χ1) is 12.6. The van der Waals surface area contributed by atoms with Crippen LogP contribution in [0.5, 0.6) is 11.5 Å². The fourth-order valence-electron chi connectivity index (χ4n) is 2.46. The first-order valence-corrected chi connectivity index (χ1v) is 8.13. The van der Waals surface area contributed by atoms with Crippen molar-refractivity contribution in [1.29, 1.82) is 0 Å². The first kappa shape index (κ1) is 17.5. The van der Waals surface area contributed by atoms with Crippen LogP contribution in [-0.4, -0.2) is 30.3 Å². The zero-order chi connectivity index (χ0) is 18.4. The topological polar surface area (TPSA) is 100 Å². The van der Waals surface area contributed by atoms with Crippen LogP contribution in [0.1, 0.15) is 18.4 Å². The fourth-order valence-corrected chi connectivity index (χ4v) is 2.46. The largest absolute Gasteiger partial charge is 0.550 e. The Morgan fingerprint density at radius 2 is 1.73 bits per heavy atom. The summed E-state index contributed by atoms with van der Waals surface area (Å²) in [4.78, 5) is 23.1. The van der Waals surface area contributed by atoms with Crippen LogP contribution in [0.4, 0.5) is 0 Å². The molecule has 26 heavy (non-hydrogen) atoms. The molecule has 0 aromatic heterocycles. The maximum absolute atomic E-state index is 12.3. The van der Waals surface area contributed by atoms with Gasteiger partial charge in [-0.15, -0.1) is 0 Å². The molecule has 0 unspecified atom stereocenters. The zero-order valence-electron chi connectivity index (χ0n) is 13.9. The molecule has 2 aromatic carbocycles. The second-order valence-electron chi connectivity index (χ2n) is 5.64. The van der Waals surface area contributed by atoms with Gasteiger partial charge in [0.05, 0.1) is 5.71 Å². The molecule has 0 saturated carbocycles. The zero-order valence-corrected chi connectivity index (χ0v) is 13.9. The molecule has 0 radical (unpaired) electrons. The second kappa shape index (κ2) is 8.15. The van der Waals surface area contributed by atoms with Crippen LogP contribution in [0.3, 0.4) is 0 Å². The highest BCUT2D eigenvalue weighted by Crippen LogP contribution is 2.30. The van der Waals surface area contributed by atoms with Crippen molar-refractivity contribution in [2.45, 2.75) is 18.9 Å². The van der Waals surface area contributed by atoms with Crippen molar-refractivity contribution in [2.24, 2.45) is 5.10 Å². The van der Waals surface area contributed by atoms with E-state index in [2.05, 4.69) is 10.5 Å². The predicted octanol–water partition coefficient (Wildman–Crippen LogP) is 0.877. The number of fused-ring (bicyclic) bond motifs is 1. The molecule has 0 bridgehead atoms. The molecule has 1 heterocycles. The number of carboxylic acid groups (broad SMARTS) is 1. The number of aliphatic carboxylic acids is 1. The molecule has 134 valence electrons. The maximum atomic E-state index is 12.3. The monoisotopic (exact) mass is 353 g/mol. The molecule has 0 spiro atoms. The maximum Gasteiger partial charge on any atom is 0.284 e. The predicted molar refractivity (Wildman–Crippen MR) is 91.7 cm³/mol. The Kier molecular flexibility index (Phi) is 5.48. The van der Waals surface area contributed by atoms with Crippen molar-refractivity contribution < 1.29 is 24.2 Å². The normalized spacial score (nSPS) is 16.0. The van der Waals surface area contributed by atoms with E-state index >= 15 is 0 Å². The van der Waals surface area contributed by atoms with Gasteiger partial charge in [0, 0.05) is 5.97 Å². The molecule has 3 rings (SSSR count). The smallest absolute Gasteiger partial charge is 0.284 e. The number of para-hydroxylation sites is 2. The van der Waals surface area contributed by atoms with Crippen LogP contribution in [-0.2, 0) is 9.59 Å². The first-order valence-electron chi connectivity index (χ1n) is 8.13. The number of rotatable bonds is 6. The molecule has 7 heteroatoms. The van der Waals surface area contributed by atoms with Gasteiger partial charge in [0.15, 0.2) is 11.5 Å². The number of hydrogen-bond donors (Lipinski definition) is 1. The third-order valence-corrected chi connectivity index (χ3v) is 3.78. The summed E-state index contributed by atoms with van der Waals surface area (Å²) in [6.07, 6.45) is -0.899. The van der Waals surface area contributed by atoms with Crippen molar-refractivity contribution in [2.75, 3.05) is 6.61 Å². The van der Waals surface area contributed by atoms with Gasteiger partial charge in [0.25, 0.3) is 5.91 Å². The van der Waals surface area contributed by atoms with E-state index in [4.69, 9.17) is 9.47 Å². The van der Waals surface area contributed by atoms with Crippen LogP contribution in [0.25, 0.3) is 0 Å². The summed E-state index contributed by atoms with van der Waals surface area (Å²) in [5.74, 6) is -0.580. The summed E-state index contributed by atoms with van der Waals surface area (Å²) in [6.45, 7) is 0.0675. The SMILES string of the molecule is O=C([O-])CC/C(=N/NC(=O)[C@H]1COc2ccccc2O1)c1ccccc1. The molecule has 1 N–H and O–H groups in total. The lowest BCUT2D eigenvalue weighted by atomic mass is 10.1. The van der Waals surface area contributed by atoms with Gasteiger partial charge in [0.1, 0.15) is 6.61 Å². The molecule has 1 aliphatic heterocycles. The average molecular weight is 353 g/mol. The number of amides is 1. The van der Waals surface area contributed by atoms with Gasteiger partial charge in [-0.05, 0) is 30.5 Å². The Morgan fingerprint density at radius 3 is 2.46 bits per heavy atom. The molecular weight excluding hydrogens is 336 g/mol. The van der Waals surface area contributed by atoms with Crippen LogP contribution < -0.4 is 20.0 Å². The standard InChI is InChI=1S/C19H18N2O5/c22-18(23)11-10-14(13-6-2-1-3-7-13)20-21-19(24)17-12-25-15-8-4-5-9-16(15)26-17/h1-9,17H,10-12H2,(H,21,24)(H,22,23)/p-1/b20-14-/t17-/m1/s1. The summed E-state index contributed by atoms with van der Waals surface area (Å²) in [6, 6.07) is 16.1. The van der Waals surface area contributed by atoms with Gasteiger partial charge in [-0.3, -0.25) is 4.79 Å². The molecule has 0 aliphatic carbocycles. The Labute approximate surface area is 150 Å². The number of hydrogen-bond acceptors (Lipinski definition) is 6. The molecule has 2 aromatic rings.